The van der Waals surface area contributed by atoms with Crippen molar-refractivity contribution in [1.82, 2.24) is 10.1 Å². The lowest BCUT2D eigenvalue weighted by atomic mass is 10.2. The van der Waals surface area contributed by atoms with Crippen molar-refractivity contribution < 1.29 is 18.4 Å². The number of carbonyl (C=O) groups excluding carboxylic acids is 1. The SMILES string of the molecule is O=C(Nc1ccccc1)c1ccccc1OCc1noc(-c2ccc(F)cc2)n1. The first-order chi connectivity index (χ1) is 14.2. The van der Waals surface area contributed by atoms with Crippen LogP contribution in [0.3, 0.4) is 0 Å². The lowest BCUT2D eigenvalue weighted by Crippen LogP contribution is -2.13. The molecule has 7 heteroatoms. The van der Waals surface area contributed by atoms with Gasteiger partial charge in [-0.25, -0.2) is 4.39 Å². The molecule has 0 bridgehead atoms. The first kappa shape index (κ1) is 18.4. The van der Waals surface area contributed by atoms with Crippen LogP contribution in [-0.4, -0.2) is 16.0 Å². The minimum Gasteiger partial charge on any atom is -0.485 e. The largest absolute Gasteiger partial charge is 0.485 e. The maximum Gasteiger partial charge on any atom is 0.259 e. The lowest BCUT2D eigenvalue weighted by molar-refractivity contribution is 0.102. The Hall–Kier alpha value is -4.00. The number of amides is 1. The fraction of sp³-hybridized carbons (Fsp3) is 0.0455. The third kappa shape index (κ3) is 4.47. The number of halogens is 1. The summed E-state index contributed by atoms with van der Waals surface area (Å²) in [5.74, 6) is 0.337. The number of benzene rings is 3. The van der Waals surface area contributed by atoms with Crippen LogP contribution in [-0.2, 0) is 6.61 Å². The van der Waals surface area contributed by atoms with Crippen molar-refractivity contribution in [2.24, 2.45) is 0 Å². The van der Waals surface area contributed by atoms with Crippen molar-refractivity contribution in [1.29, 1.82) is 0 Å². The van der Waals surface area contributed by atoms with Crippen LogP contribution in [0.25, 0.3) is 11.5 Å². The predicted octanol–water partition coefficient (Wildman–Crippen LogP) is 4.71. The minimum atomic E-state index is -0.345. The van der Waals surface area contributed by atoms with E-state index in [1.165, 1.54) is 12.1 Å². The lowest BCUT2D eigenvalue weighted by Gasteiger charge is -2.10. The second-order valence-electron chi connectivity index (χ2n) is 6.13. The molecule has 3 aromatic carbocycles. The monoisotopic (exact) mass is 389 g/mol. The number of para-hydroxylation sites is 2. The molecule has 0 spiro atoms. The molecule has 1 N–H and O–H groups in total. The Balaban J connectivity index is 1.45. The van der Waals surface area contributed by atoms with E-state index in [4.69, 9.17) is 9.26 Å². The van der Waals surface area contributed by atoms with Crippen LogP contribution in [0.2, 0.25) is 0 Å². The van der Waals surface area contributed by atoms with Crippen molar-refractivity contribution in [3.8, 4) is 17.2 Å². The van der Waals surface area contributed by atoms with Gasteiger partial charge in [-0.1, -0.05) is 35.5 Å². The highest BCUT2D eigenvalue weighted by molar-refractivity contribution is 6.06. The second-order valence-corrected chi connectivity index (χ2v) is 6.13. The highest BCUT2D eigenvalue weighted by Gasteiger charge is 2.14. The van der Waals surface area contributed by atoms with Crippen LogP contribution in [0.5, 0.6) is 5.75 Å². The molecule has 0 aliphatic rings. The van der Waals surface area contributed by atoms with Crippen LogP contribution in [0.15, 0.2) is 83.4 Å². The van der Waals surface area contributed by atoms with E-state index < -0.39 is 0 Å². The van der Waals surface area contributed by atoms with E-state index in [0.717, 1.165) is 0 Å². The highest BCUT2D eigenvalue weighted by atomic mass is 19.1. The summed E-state index contributed by atoms with van der Waals surface area (Å²) in [4.78, 5) is 16.8. The third-order valence-electron chi connectivity index (χ3n) is 4.08. The number of ether oxygens (including phenoxy) is 1. The maximum atomic E-state index is 13.0. The molecule has 0 fully saturated rings. The summed E-state index contributed by atoms with van der Waals surface area (Å²) in [5, 5.41) is 6.69. The molecule has 0 aliphatic heterocycles. The van der Waals surface area contributed by atoms with Crippen molar-refractivity contribution in [3.63, 3.8) is 0 Å². The first-order valence-electron chi connectivity index (χ1n) is 8.86. The topological polar surface area (TPSA) is 77.2 Å². The van der Waals surface area contributed by atoms with Gasteiger partial charge in [-0.2, -0.15) is 4.98 Å². The average molecular weight is 389 g/mol. The summed E-state index contributed by atoms with van der Waals surface area (Å²) in [5.41, 5.74) is 1.68. The van der Waals surface area contributed by atoms with Crippen molar-refractivity contribution in [2.45, 2.75) is 6.61 Å². The van der Waals surface area contributed by atoms with Gasteiger partial charge in [-0.15, -0.1) is 0 Å². The van der Waals surface area contributed by atoms with Gasteiger partial charge in [0.2, 0.25) is 5.82 Å². The van der Waals surface area contributed by atoms with Gasteiger partial charge in [0.25, 0.3) is 11.8 Å². The molecule has 144 valence electrons. The number of anilines is 1. The van der Waals surface area contributed by atoms with E-state index in [1.807, 2.05) is 18.2 Å². The van der Waals surface area contributed by atoms with Gasteiger partial charge >= 0.3 is 0 Å². The van der Waals surface area contributed by atoms with Gasteiger partial charge in [0.05, 0.1) is 5.56 Å². The Morgan fingerprint density at radius 3 is 2.48 bits per heavy atom. The number of nitrogens with one attached hydrogen (secondary N) is 1. The Morgan fingerprint density at radius 1 is 0.966 bits per heavy atom. The molecule has 1 amide bonds. The summed E-state index contributed by atoms with van der Waals surface area (Å²) >= 11 is 0. The van der Waals surface area contributed by atoms with E-state index >= 15 is 0 Å². The summed E-state index contributed by atoms with van der Waals surface area (Å²) in [6.45, 7) is 0.0142. The molecule has 0 atom stereocenters. The van der Waals surface area contributed by atoms with Crippen LogP contribution >= 0.6 is 0 Å². The molecule has 0 radical (unpaired) electrons. The average Bonchev–Trinajstić information content (AvgIpc) is 3.23. The zero-order valence-electron chi connectivity index (χ0n) is 15.2. The zero-order chi connectivity index (χ0) is 20.1. The normalized spacial score (nSPS) is 10.5. The zero-order valence-corrected chi connectivity index (χ0v) is 15.2. The summed E-state index contributed by atoms with van der Waals surface area (Å²) in [6.07, 6.45) is 0. The number of nitrogens with zero attached hydrogens (tertiary/aromatic N) is 2. The second kappa shape index (κ2) is 8.35. The van der Waals surface area contributed by atoms with E-state index in [0.29, 0.717) is 28.4 Å². The Labute approximate surface area is 166 Å². The highest BCUT2D eigenvalue weighted by Crippen LogP contribution is 2.22. The van der Waals surface area contributed by atoms with E-state index in [-0.39, 0.29) is 24.2 Å². The number of hydrogen-bond donors (Lipinski definition) is 1. The summed E-state index contributed by atoms with van der Waals surface area (Å²) in [6, 6.07) is 21.8. The number of carbonyl (C=O) groups is 1. The molecular formula is C22H16FN3O3. The van der Waals surface area contributed by atoms with Crippen LogP contribution in [0.4, 0.5) is 10.1 Å². The molecule has 0 aliphatic carbocycles. The summed E-state index contributed by atoms with van der Waals surface area (Å²) < 4.78 is 24.0. The molecule has 1 aromatic heterocycles. The van der Waals surface area contributed by atoms with Crippen LogP contribution in [0, 0.1) is 5.82 Å². The number of hydrogen-bond acceptors (Lipinski definition) is 5. The summed E-state index contributed by atoms with van der Waals surface area (Å²) in [7, 11) is 0. The molecule has 0 saturated heterocycles. The standard InChI is InChI=1S/C22H16FN3O3/c23-16-12-10-15(11-13-16)22-25-20(26-29-22)14-28-19-9-5-4-8-18(19)21(27)24-17-6-2-1-3-7-17/h1-13H,14H2,(H,24,27). The number of rotatable bonds is 6. The quantitative estimate of drug-likeness (QED) is 0.517. The van der Waals surface area contributed by atoms with E-state index in [1.54, 1.807) is 48.5 Å². The van der Waals surface area contributed by atoms with Gasteiger partial charge < -0.3 is 14.6 Å². The van der Waals surface area contributed by atoms with Crippen molar-refractivity contribution in [3.05, 3.63) is 96.1 Å². The van der Waals surface area contributed by atoms with E-state index in [9.17, 15) is 9.18 Å². The Bertz CT molecular complexity index is 1110. The predicted molar refractivity (Wildman–Crippen MR) is 105 cm³/mol. The molecule has 0 saturated carbocycles. The molecule has 4 rings (SSSR count). The van der Waals surface area contributed by atoms with Gasteiger partial charge in [-0.05, 0) is 48.5 Å². The van der Waals surface area contributed by atoms with Crippen LogP contribution < -0.4 is 10.1 Å². The smallest absolute Gasteiger partial charge is 0.259 e. The molecular weight excluding hydrogens is 373 g/mol. The fourth-order valence-corrected chi connectivity index (χ4v) is 2.66. The Morgan fingerprint density at radius 2 is 1.69 bits per heavy atom. The maximum absolute atomic E-state index is 13.0. The van der Waals surface area contributed by atoms with Gasteiger partial charge in [-0.3, -0.25) is 4.79 Å². The molecule has 6 nitrogen and oxygen atoms in total. The van der Waals surface area contributed by atoms with E-state index in [2.05, 4.69) is 15.5 Å². The minimum absolute atomic E-state index is 0.0142. The van der Waals surface area contributed by atoms with Crippen molar-refractivity contribution in [2.75, 3.05) is 5.32 Å². The molecule has 29 heavy (non-hydrogen) atoms. The van der Waals surface area contributed by atoms with Crippen LogP contribution in [0.1, 0.15) is 16.2 Å². The Kier molecular flexibility index (Phi) is 5.29. The third-order valence-corrected chi connectivity index (χ3v) is 4.08. The number of aromatic nitrogens is 2. The molecule has 0 unspecified atom stereocenters. The van der Waals surface area contributed by atoms with Gasteiger partial charge in [0.1, 0.15) is 11.6 Å². The fourth-order valence-electron chi connectivity index (χ4n) is 2.66. The molecule has 4 aromatic rings. The van der Waals surface area contributed by atoms with Gasteiger partial charge in [0.15, 0.2) is 6.61 Å². The van der Waals surface area contributed by atoms with Crippen molar-refractivity contribution >= 4 is 11.6 Å². The first-order valence-corrected chi connectivity index (χ1v) is 8.86. The van der Waals surface area contributed by atoms with Gasteiger partial charge in [0, 0.05) is 11.3 Å². The molecule has 1 heterocycles.